The largest absolute Gasteiger partial charge is 0.192 e. The maximum absolute atomic E-state index is 8.75. The Hall–Kier alpha value is -1.04. The Labute approximate surface area is 85.2 Å². The molecule has 2 rings (SSSR count). The number of fused-ring (bicyclic) bond motifs is 1. The highest BCUT2D eigenvalue weighted by atomic mass is 35.5. The van der Waals surface area contributed by atoms with Crippen molar-refractivity contribution < 1.29 is 0 Å². The van der Waals surface area contributed by atoms with Gasteiger partial charge in [-0.15, -0.1) is 11.3 Å². The third kappa shape index (κ3) is 1.21. The van der Waals surface area contributed by atoms with Gasteiger partial charge in [-0.1, -0.05) is 17.7 Å². The number of hydrogen-bond donors (Lipinski definition) is 0. The Kier molecular flexibility index (Phi) is 1.99. The summed E-state index contributed by atoms with van der Waals surface area (Å²) in [6.07, 6.45) is 0. The monoisotopic (exact) mass is 207 g/mol. The van der Waals surface area contributed by atoms with Crippen LogP contribution in [0.5, 0.6) is 0 Å². The average molecular weight is 208 g/mol. The molecular weight excluding hydrogens is 202 g/mol. The van der Waals surface area contributed by atoms with E-state index in [-0.39, 0.29) is 0 Å². The summed E-state index contributed by atoms with van der Waals surface area (Å²) in [5.41, 5.74) is 1.77. The summed E-state index contributed by atoms with van der Waals surface area (Å²) >= 11 is 7.63. The molecule has 3 heteroatoms. The number of nitrogens with zero attached hydrogens (tertiary/aromatic N) is 1. The van der Waals surface area contributed by atoms with E-state index in [1.165, 1.54) is 5.56 Å². The van der Waals surface area contributed by atoms with Crippen LogP contribution >= 0.6 is 22.9 Å². The Bertz CT molecular complexity index is 507. The minimum Gasteiger partial charge on any atom is -0.192 e. The van der Waals surface area contributed by atoms with Gasteiger partial charge in [0.1, 0.15) is 6.07 Å². The number of aryl methyl sites for hydroxylation is 1. The predicted octanol–water partition coefficient (Wildman–Crippen LogP) is 3.73. The van der Waals surface area contributed by atoms with Crippen molar-refractivity contribution in [3.8, 4) is 6.07 Å². The molecule has 0 unspecified atom stereocenters. The van der Waals surface area contributed by atoms with Crippen molar-refractivity contribution >= 4 is 33.0 Å². The second-order valence-electron chi connectivity index (χ2n) is 2.83. The average Bonchev–Trinajstić information content (AvgIpc) is 2.50. The van der Waals surface area contributed by atoms with Gasteiger partial charge in [-0.2, -0.15) is 5.26 Å². The first-order valence-electron chi connectivity index (χ1n) is 3.80. The molecule has 0 fully saturated rings. The molecule has 0 spiro atoms. The summed E-state index contributed by atoms with van der Waals surface area (Å²) < 4.78 is 1.01. The van der Waals surface area contributed by atoms with Crippen LogP contribution in [0.4, 0.5) is 0 Å². The van der Waals surface area contributed by atoms with Crippen LogP contribution < -0.4 is 0 Å². The van der Waals surface area contributed by atoms with Crippen LogP contribution in [0, 0.1) is 18.3 Å². The van der Waals surface area contributed by atoms with Crippen molar-refractivity contribution in [1.82, 2.24) is 0 Å². The Morgan fingerprint density at radius 3 is 2.92 bits per heavy atom. The second-order valence-corrected chi connectivity index (χ2v) is 4.09. The molecular formula is C10H6ClNS. The standard InChI is InChI=1S/C10H6ClNS/c1-6-5-13-10-8(6)3-2-7(4-12)9(10)11/h2-3,5H,1H3. The summed E-state index contributed by atoms with van der Waals surface area (Å²) in [5.74, 6) is 0. The van der Waals surface area contributed by atoms with Crippen LogP contribution in [0.1, 0.15) is 11.1 Å². The first-order valence-corrected chi connectivity index (χ1v) is 5.06. The van der Waals surface area contributed by atoms with Gasteiger partial charge in [-0.3, -0.25) is 0 Å². The molecule has 0 aliphatic heterocycles. The van der Waals surface area contributed by atoms with E-state index in [1.807, 2.05) is 13.0 Å². The highest BCUT2D eigenvalue weighted by molar-refractivity contribution is 7.18. The zero-order chi connectivity index (χ0) is 9.42. The minimum atomic E-state index is 0.552. The summed E-state index contributed by atoms with van der Waals surface area (Å²) in [7, 11) is 0. The summed E-state index contributed by atoms with van der Waals surface area (Å²) in [6.45, 7) is 2.04. The zero-order valence-corrected chi connectivity index (χ0v) is 8.54. The number of halogens is 1. The number of nitriles is 1. The van der Waals surface area contributed by atoms with E-state index in [0.717, 1.165) is 10.1 Å². The van der Waals surface area contributed by atoms with Crippen molar-refractivity contribution in [1.29, 1.82) is 5.26 Å². The predicted molar refractivity (Wildman–Crippen MR) is 56.3 cm³/mol. The maximum Gasteiger partial charge on any atom is 0.101 e. The van der Waals surface area contributed by atoms with E-state index in [4.69, 9.17) is 16.9 Å². The zero-order valence-electron chi connectivity index (χ0n) is 6.97. The lowest BCUT2D eigenvalue weighted by Gasteiger charge is -1.96. The second kappa shape index (κ2) is 3.02. The van der Waals surface area contributed by atoms with Crippen LogP contribution in [-0.4, -0.2) is 0 Å². The fourth-order valence-corrected chi connectivity index (χ4v) is 2.61. The smallest absolute Gasteiger partial charge is 0.101 e. The van der Waals surface area contributed by atoms with Gasteiger partial charge < -0.3 is 0 Å². The molecule has 0 amide bonds. The number of rotatable bonds is 0. The fraction of sp³-hybridized carbons (Fsp3) is 0.100. The quantitative estimate of drug-likeness (QED) is 0.646. The molecule has 1 aromatic carbocycles. The first-order chi connectivity index (χ1) is 6.24. The molecule has 0 bridgehead atoms. The molecule has 1 heterocycles. The normalized spacial score (nSPS) is 10.2. The van der Waals surface area contributed by atoms with E-state index in [9.17, 15) is 0 Å². The van der Waals surface area contributed by atoms with E-state index in [1.54, 1.807) is 17.4 Å². The number of hydrogen-bond acceptors (Lipinski definition) is 2. The SMILES string of the molecule is Cc1csc2c(Cl)c(C#N)ccc12. The molecule has 13 heavy (non-hydrogen) atoms. The third-order valence-electron chi connectivity index (χ3n) is 2.00. The van der Waals surface area contributed by atoms with Gasteiger partial charge in [0.15, 0.2) is 0 Å². The lowest BCUT2D eigenvalue weighted by Crippen LogP contribution is -1.76. The number of thiophene rings is 1. The van der Waals surface area contributed by atoms with Crippen molar-refractivity contribution in [3.63, 3.8) is 0 Å². The minimum absolute atomic E-state index is 0.552. The van der Waals surface area contributed by atoms with Gasteiger partial charge in [-0.05, 0) is 29.3 Å². The topological polar surface area (TPSA) is 23.8 Å². The number of benzene rings is 1. The van der Waals surface area contributed by atoms with Gasteiger partial charge in [-0.25, -0.2) is 0 Å². The molecule has 1 nitrogen and oxygen atoms in total. The Morgan fingerprint density at radius 2 is 2.23 bits per heavy atom. The molecule has 64 valence electrons. The van der Waals surface area contributed by atoms with Crippen LogP contribution in [0.2, 0.25) is 5.02 Å². The van der Waals surface area contributed by atoms with Gasteiger partial charge in [0.2, 0.25) is 0 Å². The fourth-order valence-electron chi connectivity index (χ4n) is 1.28. The van der Waals surface area contributed by atoms with Crippen LogP contribution in [-0.2, 0) is 0 Å². The van der Waals surface area contributed by atoms with Gasteiger partial charge in [0.05, 0.1) is 15.3 Å². The highest BCUT2D eigenvalue weighted by Gasteiger charge is 2.07. The van der Waals surface area contributed by atoms with Crippen molar-refractivity contribution in [2.45, 2.75) is 6.92 Å². The Morgan fingerprint density at radius 1 is 1.46 bits per heavy atom. The lowest BCUT2D eigenvalue weighted by atomic mass is 10.1. The molecule has 0 atom stereocenters. The van der Waals surface area contributed by atoms with Crippen LogP contribution in [0.3, 0.4) is 0 Å². The maximum atomic E-state index is 8.75. The molecule has 2 aromatic rings. The van der Waals surface area contributed by atoms with Crippen LogP contribution in [0.25, 0.3) is 10.1 Å². The third-order valence-corrected chi connectivity index (χ3v) is 3.63. The van der Waals surface area contributed by atoms with Gasteiger partial charge >= 0.3 is 0 Å². The molecule has 0 saturated carbocycles. The molecule has 0 N–H and O–H groups in total. The molecule has 0 saturated heterocycles. The lowest BCUT2D eigenvalue weighted by molar-refractivity contribution is 1.50. The van der Waals surface area contributed by atoms with E-state index < -0.39 is 0 Å². The van der Waals surface area contributed by atoms with Crippen molar-refractivity contribution in [2.24, 2.45) is 0 Å². The van der Waals surface area contributed by atoms with Crippen LogP contribution in [0.15, 0.2) is 17.5 Å². The Balaban J connectivity index is 2.90. The van der Waals surface area contributed by atoms with Gasteiger partial charge in [0.25, 0.3) is 0 Å². The molecule has 0 radical (unpaired) electrons. The van der Waals surface area contributed by atoms with E-state index in [2.05, 4.69) is 11.4 Å². The van der Waals surface area contributed by atoms with Crippen molar-refractivity contribution in [3.05, 3.63) is 33.7 Å². The van der Waals surface area contributed by atoms with Gasteiger partial charge in [0, 0.05) is 0 Å². The van der Waals surface area contributed by atoms with E-state index >= 15 is 0 Å². The molecule has 0 aliphatic carbocycles. The summed E-state index contributed by atoms with van der Waals surface area (Å²) in [4.78, 5) is 0. The highest BCUT2D eigenvalue weighted by Crippen LogP contribution is 2.33. The molecule has 1 aromatic heterocycles. The van der Waals surface area contributed by atoms with Crippen molar-refractivity contribution in [2.75, 3.05) is 0 Å². The first kappa shape index (κ1) is 8.55. The summed E-state index contributed by atoms with van der Waals surface area (Å²) in [5, 5.41) is 12.5. The van der Waals surface area contributed by atoms with E-state index in [0.29, 0.717) is 10.6 Å². The summed E-state index contributed by atoms with van der Waals surface area (Å²) in [6, 6.07) is 5.79. The molecule has 0 aliphatic rings.